The minimum absolute atomic E-state index is 0.154. The van der Waals surface area contributed by atoms with Gasteiger partial charge in [0.25, 0.3) is 0 Å². The Morgan fingerprint density at radius 3 is 2.50 bits per heavy atom. The zero-order valence-electron chi connectivity index (χ0n) is 7.71. The Balaban J connectivity index is 3.14. The van der Waals surface area contributed by atoms with Gasteiger partial charge in [0, 0.05) is 12.5 Å². The fourth-order valence-corrected chi connectivity index (χ4v) is 0.672. The molecule has 2 N–H and O–H groups in total. The first-order valence-corrected chi connectivity index (χ1v) is 4.54. The Kier molecular flexibility index (Phi) is 7.34. The fraction of sp³-hybridized carbons (Fsp3) is 0.875. The average molecular weight is 191 g/mol. The second-order valence-electron chi connectivity index (χ2n) is 2.58. The monoisotopic (exact) mass is 191 g/mol. The van der Waals surface area contributed by atoms with E-state index >= 15 is 0 Å². The van der Waals surface area contributed by atoms with Gasteiger partial charge in [-0.05, 0) is 6.92 Å². The molecule has 0 radical (unpaired) electrons. The quantitative estimate of drug-likeness (QED) is 0.481. The van der Waals surface area contributed by atoms with Crippen LogP contribution in [0.2, 0.25) is 0 Å². The smallest absolute Gasteiger partial charge is 0.0779 e. The summed E-state index contributed by atoms with van der Waals surface area (Å²) in [6.07, 6.45) is 0. The molecule has 0 fully saturated rings. The molecule has 0 aliphatic heterocycles. The third kappa shape index (κ3) is 6.52. The van der Waals surface area contributed by atoms with Crippen LogP contribution in [0.4, 0.5) is 0 Å². The normalized spacial score (nSPS) is 12.8. The topological polar surface area (TPSA) is 44.5 Å². The number of rotatable bonds is 7. The van der Waals surface area contributed by atoms with Crippen molar-refractivity contribution in [1.29, 1.82) is 0 Å². The van der Waals surface area contributed by atoms with Crippen molar-refractivity contribution >= 4 is 17.2 Å². The molecule has 0 saturated carbocycles. The molecule has 12 heavy (non-hydrogen) atoms. The first-order chi connectivity index (χ1) is 5.68. The molecule has 0 spiro atoms. The lowest BCUT2D eigenvalue weighted by molar-refractivity contribution is 0.0473. The van der Waals surface area contributed by atoms with Crippen LogP contribution in [0, 0.1) is 5.92 Å². The van der Waals surface area contributed by atoms with Crippen LogP contribution in [0.25, 0.3) is 0 Å². The van der Waals surface area contributed by atoms with Crippen molar-refractivity contribution in [2.24, 2.45) is 11.7 Å². The minimum atomic E-state index is 0.154. The fourth-order valence-electron chi connectivity index (χ4n) is 0.604. The Labute approximate surface area is 79.2 Å². The lowest BCUT2D eigenvalue weighted by Gasteiger charge is -2.09. The van der Waals surface area contributed by atoms with Crippen LogP contribution < -0.4 is 5.73 Å². The average Bonchev–Trinajstić information content (AvgIpc) is 2.03. The van der Waals surface area contributed by atoms with Crippen LogP contribution in [-0.2, 0) is 9.47 Å². The van der Waals surface area contributed by atoms with E-state index in [1.807, 2.05) is 13.8 Å². The largest absolute Gasteiger partial charge is 0.393 e. The standard InChI is InChI=1S/C8H17NO2S/c1-3-10-4-5-11-6-7(2)8(9)12/h7H,3-6H2,1-2H3,(H2,9,12). The highest BCUT2D eigenvalue weighted by Gasteiger charge is 2.03. The van der Waals surface area contributed by atoms with Crippen LogP contribution in [0.15, 0.2) is 0 Å². The molecule has 0 rings (SSSR count). The van der Waals surface area contributed by atoms with E-state index in [-0.39, 0.29) is 5.92 Å². The third-order valence-electron chi connectivity index (χ3n) is 1.43. The van der Waals surface area contributed by atoms with Gasteiger partial charge < -0.3 is 15.2 Å². The van der Waals surface area contributed by atoms with Crippen LogP contribution in [-0.4, -0.2) is 31.4 Å². The van der Waals surface area contributed by atoms with Gasteiger partial charge in [0.15, 0.2) is 0 Å². The summed E-state index contributed by atoms with van der Waals surface area (Å²) in [5.41, 5.74) is 5.40. The van der Waals surface area contributed by atoms with E-state index in [0.29, 0.717) is 24.8 Å². The zero-order valence-corrected chi connectivity index (χ0v) is 8.52. The van der Waals surface area contributed by atoms with Crippen LogP contribution >= 0.6 is 12.2 Å². The third-order valence-corrected chi connectivity index (χ3v) is 1.83. The van der Waals surface area contributed by atoms with Gasteiger partial charge in [0.05, 0.1) is 24.8 Å². The molecule has 3 nitrogen and oxygen atoms in total. The number of hydrogen-bond acceptors (Lipinski definition) is 3. The Morgan fingerprint density at radius 1 is 1.42 bits per heavy atom. The Hall–Kier alpha value is -0.190. The van der Waals surface area contributed by atoms with Gasteiger partial charge >= 0.3 is 0 Å². The molecule has 0 aromatic carbocycles. The molecule has 1 unspecified atom stereocenters. The summed E-state index contributed by atoms with van der Waals surface area (Å²) in [5, 5.41) is 0. The van der Waals surface area contributed by atoms with Gasteiger partial charge in [0.2, 0.25) is 0 Å². The summed E-state index contributed by atoms with van der Waals surface area (Å²) >= 11 is 4.79. The molecule has 72 valence electrons. The predicted octanol–water partition coefficient (Wildman–Crippen LogP) is 0.962. The molecule has 0 aromatic heterocycles. The van der Waals surface area contributed by atoms with Crippen molar-refractivity contribution in [2.75, 3.05) is 26.4 Å². The maximum absolute atomic E-state index is 5.40. The number of nitrogens with two attached hydrogens (primary N) is 1. The SMILES string of the molecule is CCOCCOCC(C)C(N)=S. The first-order valence-electron chi connectivity index (χ1n) is 4.13. The highest BCUT2D eigenvalue weighted by molar-refractivity contribution is 7.80. The lowest BCUT2D eigenvalue weighted by Crippen LogP contribution is -2.23. The second-order valence-corrected chi connectivity index (χ2v) is 3.05. The molecular weight excluding hydrogens is 174 g/mol. The van der Waals surface area contributed by atoms with Gasteiger partial charge in [-0.15, -0.1) is 0 Å². The van der Waals surface area contributed by atoms with Gasteiger partial charge in [-0.1, -0.05) is 19.1 Å². The predicted molar refractivity (Wildman–Crippen MR) is 53.3 cm³/mol. The van der Waals surface area contributed by atoms with E-state index < -0.39 is 0 Å². The summed E-state index contributed by atoms with van der Waals surface area (Å²) in [6.45, 7) is 6.47. The van der Waals surface area contributed by atoms with Crippen molar-refractivity contribution < 1.29 is 9.47 Å². The van der Waals surface area contributed by atoms with E-state index in [4.69, 9.17) is 27.4 Å². The van der Waals surface area contributed by atoms with Gasteiger partial charge in [-0.2, -0.15) is 0 Å². The van der Waals surface area contributed by atoms with Gasteiger partial charge in [0.1, 0.15) is 0 Å². The molecule has 0 aliphatic rings. The molecule has 1 atom stereocenters. The molecular formula is C8H17NO2S. The lowest BCUT2D eigenvalue weighted by atomic mass is 10.2. The van der Waals surface area contributed by atoms with Gasteiger partial charge in [-0.3, -0.25) is 0 Å². The molecule has 0 bridgehead atoms. The van der Waals surface area contributed by atoms with E-state index in [2.05, 4.69) is 0 Å². The number of thiocarbonyl (C=S) groups is 1. The van der Waals surface area contributed by atoms with E-state index in [0.717, 1.165) is 6.61 Å². The van der Waals surface area contributed by atoms with Crippen molar-refractivity contribution in [1.82, 2.24) is 0 Å². The van der Waals surface area contributed by atoms with Crippen molar-refractivity contribution in [3.8, 4) is 0 Å². The van der Waals surface area contributed by atoms with Crippen LogP contribution in [0.3, 0.4) is 0 Å². The zero-order chi connectivity index (χ0) is 9.40. The summed E-state index contributed by atoms with van der Waals surface area (Å²) in [7, 11) is 0. The molecule has 4 heteroatoms. The Morgan fingerprint density at radius 2 is 2.00 bits per heavy atom. The maximum atomic E-state index is 5.40. The van der Waals surface area contributed by atoms with E-state index in [9.17, 15) is 0 Å². The maximum Gasteiger partial charge on any atom is 0.0779 e. The van der Waals surface area contributed by atoms with E-state index in [1.165, 1.54) is 0 Å². The minimum Gasteiger partial charge on any atom is -0.393 e. The summed E-state index contributed by atoms with van der Waals surface area (Å²) < 4.78 is 10.4. The van der Waals surface area contributed by atoms with E-state index in [1.54, 1.807) is 0 Å². The number of hydrogen-bond donors (Lipinski definition) is 1. The Bertz CT molecular complexity index is 130. The number of ether oxygens (including phenoxy) is 2. The molecule has 0 amide bonds. The molecule has 0 heterocycles. The second kappa shape index (κ2) is 7.46. The van der Waals surface area contributed by atoms with Gasteiger partial charge in [-0.25, -0.2) is 0 Å². The first kappa shape index (κ1) is 11.8. The summed E-state index contributed by atoms with van der Waals surface area (Å²) in [6, 6.07) is 0. The van der Waals surface area contributed by atoms with Crippen molar-refractivity contribution in [3.05, 3.63) is 0 Å². The highest BCUT2D eigenvalue weighted by atomic mass is 32.1. The summed E-state index contributed by atoms with van der Waals surface area (Å²) in [4.78, 5) is 0.506. The molecule has 0 saturated heterocycles. The van der Waals surface area contributed by atoms with Crippen molar-refractivity contribution in [3.63, 3.8) is 0 Å². The van der Waals surface area contributed by atoms with Crippen molar-refractivity contribution in [2.45, 2.75) is 13.8 Å². The van der Waals surface area contributed by atoms with Crippen LogP contribution in [0.5, 0.6) is 0 Å². The molecule has 0 aliphatic carbocycles. The summed E-state index contributed by atoms with van der Waals surface area (Å²) in [5.74, 6) is 0.154. The molecule has 0 aromatic rings. The van der Waals surface area contributed by atoms with Crippen LogP contribution in [0.1, 0.15) is 13.8 Å². The highest BCUT2D eigenvalue weighted by Crippen LogP contribution is 1.95.